The van der Waals surface area contributed by atoms with Crippen LogP contribution in [0, 0.1) is 0 Å². The number of carbonyl (C=O) groups is 3. The van der Waals surface area contributed by atoms with Crippen molar-refractivity contribution in [2.24, 2.45) is 5.10 Å². The first-order valence-electron chi connectivity index (χ1n) is 13.7. The van der Waals surface area contributed by atoms with Gasteiger partial charge in [0.25, 0.3) is 16.0 Å². The third-order valence-electron chi connectivity index (χ3n) is 6.48. The van der Waals surface area contributed by atoms with Crippen molar-refractivity contribution in [3.8, 4) is 5.88 Å². The van der Waals surface area contributed by atoms with Crippen LogP contribution in [0.3, 0.4) is 0 Å². The molecule has 4 rings (SSSR count). The fourth-order valence-corrected chi connectivity index (χ4v) is 5.88. The van der Waals surface area contributed by atoms with Gasteiger partial charge in [0.05, 0.1) is 41.7 Å². The van der Waals surface area contributed by atoms with Gasteiger partial charge in [0.1, 0.15) is 10.1 Å². The molecule has 2 aromatic carbocycles. The Bertz CT molecular complexity index is 2060. The maximum atomic E-state index is 13.3. The second-order valence-electron chi connectivity index (χ2n) is 9.56. The van der Waals surface area contributed by atoms with Crippen LogP contribution in [-0.4, -0.2) is 77.5 Å². The van der Waals surface area contributed by atoms with E-state index in [1.54, 1.807) is 0 Å². The number of hydrogen-bond donors (Lipinski definition) is 1. The summed E-state index contributed by atoms with van der Waals surface area (Å²) in [6, 6.07) is 10.4. The zero-order chi connectivity index (χ0) is 34.5. The van der Waals surface area contributed by atoms with Crippen molar-refractivity contribution in [3.05, 3.63) is 88.6 Å². The Balaban J connectivity index is 0.00000417. The van der Waals surface area contributed by atoms with Gasteiger partial charge in [-0.05, 0) is 49.1 Å². The number of esters is 2. The molecule has 0 saturated heterocycles. The normalized spacial score (nSPS) is 14.0. The molecule has 1 N–H and O–H groups in total. The summed E-state index contributed by atoms with van der Waals surface area (Å²) in [6.45, 7) is 1.95. The third kappa shape index (κ3) is 9.97. The molecule has 0 unspecified atom stereocenters. The van der Waals surface area contributed by atoms with Crippen molar-refractivity contribution in [1.82, 2.24) is 14.8 Å². The van der Waals surface area contributed by atoms with Crippen molar-refractivity contribution in [2.75, 3.05) is 13.2 Å². The second-order valence-corrected chi connectivity index (χ2v) is 12.3. The third-order valence-corrected chi connectivity index (χ3v) is 8.37. The number of carbonyl (C=O) groups excluding carboxylic acids is 3. The van der Waals surface area contributed by atoms with E-state index in [0.29, 0.717) is 0 Å². The maximum Gasteiger partial charge on any atom is 1.00 e. The Morgan fingerprint density at radius 1 is 0.898 bits per heavy atom. The van der Waals surface area contributed by atoms with Gasteiger partial charge in [0.15, 0.2) is 11.4 Å². The number of nitrogens with zero attached hydrogens (tertiary/aromatic N) is 4. The van der Waals surface area contributed by atoms with Crippen LogP contribution in [0.25, 0.3) is 6.08 Å². The van der Waals surface area contributed by atoms with Gasteiger partial charge < -0.3 is 19.1 Å². The minimum absolute atomic E-state index is 0. The molecule has 0 radical (unpaired) electrons. The van der Waals surface area contributed by atoms with Crippen LogP contribution in [-0.2, 0) is 52.4 Å². The van der Waals surface area contributed by atoms with E-state index in [-0.39, 0.29) is 94.6 Å². The number of rotatable bonds is 12. The Hall–Kier alpha value is -3.17. The minimum Gasteiger partial charge on any atom is -0.858 e. The molecule has 0 bridgehead atoms. The monoisotopic (exact) mass is 732 g/mol. The summed E-state index contributed by atoms with van der Waals surface area (Å²) in [7, 11) is -9.57. The number of aromatic nitrogens is 2. The molecule has 2 heterocycles. The van der Waals surface area contributed by atoms with Crippen LogP contribution in [0.15, 0.2) is 81.1 Å². The van der Waals surface area contributed by atoms with Crippen LogP contribution in [0.1, 0.15) is 41.0 Å². The van der Waals surface area contributed by atoms with Gasteiger partial charge in [0, 0.05) is 5.56 Å². The van der Waals surface area contributed by atoms with Gasteiger partial charge in [-0.3, -0.25) is 14.0 Å². The van der Waals surface area contributed by atoms with Crippen molar-refractivity contribution in [3.63, 3.8) is 0 Å². The molecule has 248 valence electrons. The largest absolute Gasteiger partial charge is 1.00 e. The molecule has 1 aliphatic heterocycles. The Labute approximate surface area is 325 Å². The molecule has 1 amide bonds. The minimum atomic E-state index is -4.91. The average Bonchev–Trinajstić information content (AvgIpc) is 3.48. The predicted octanol–water partition coefficient (Wildman–Crippen LogP) is -4.76. The van der Waals surface area contributed by atoms with Gasteiger partial charge in [-0.2, -0.15) is 18.6 Å². The van der Waals surface area contributed by atoms with Gasteiger partial charge >= 0.3 is 71.1 Å². The molecular weight excluding hydrogens is 706 g/mol. The Kier molecular flexibility index (Phi) is 15.1. The Morgan fingerprint density at radius 2 is 1.45 bits per heavy atom. The first-order chi connectivity index (χ1) is 22.2. The first-order valence-corrected chi connectivity index (χ1v) is 16.5. The molecule has 0 spiro atoms. The van der Waals surface area contributed by atoms with Crippen molar-refractivity contribution < 1.29 is 114 Å². The van der Waals surface area contributed by atoms with E-state index in [1.807, 2.05) is 0 Å². The summed E-state index contributed by atoms with van der Waals surface area (Å²) >= 11 is 0. The van der Waals surface area contributed by atoms with Gasteiger partial charge in [-0.15, -0.1) is 0 Å². The quantitative estimate of drug-likeness (QED) is 0.0798. The van der Waals surface area contributed by atoms with E-state index < -0.39 is 78.2 Å². The molecule has 20 heteroatoms. The number of hydrazone groups is 1. The van der Waals surface area contributed by atoms with E-state index in [1.165, 1.54) is 50.2 Å². The zero-order valence-corrected chi connectivity index (χ0v) is 32.4. The molecular formula is C29H26N4Na2O12S2. The molecule has 49 heavy (non-hydrogen) atoms. The van der Waals surface area contributed by atoms with Crippen molar-refractivity contribution in [1.29, 1.82) is 0 Å². The predicted molar refractivity (Wildman–Crippen MR) is 159 cm³/mol. The molecule has 1 aliphatic rings. The van der Waals surface area contributed by atoms with E-state index in [4.69, 9.17) is 9.47 Å². The molecule has 16 nitrogen and oxygen atoms in total. The molecule has 0 aliphatic carbocycles. The maximum absolute atomic E-state index is 13.3. The summed E-state index contributed by atoms with van der Waals surface area (Å²) in [6.07, 6.45) is 3.37. The number of amides is 1. The summed E-state index contributed by atoms with van der Waals surface area (Å²) in [5.74, 6) is -3.71. The average molecular weight is 733 g/mol. The van der Waals surface area contributed by atoms with Gasteiger partial charge in [-0.25, -0.2) is 23.0 Å². The van der Waals surface area contributed by atoms with E-state index in [0.717, 1.165) is 40.1 Å². The van der Waals surface area contributed by atoms with Gasteiger partial charge in [-0.1, -0.05) is 48.6 Å². The Morgan fingerprint density at radius 3 is 2.02 bits per heavy atom. The smallest absolute Gasteiger partial charge is 0.858 e. The van der Waals surface area contributed by atoms with E-state index in [9.17, 15) is 45.4 Å². The zero-order valence-electron chi connectivity index (χ0n) is 26.7. The molecule has 1 aromatic heterocycles. The molecule has 0 atom stereocenters. The summed E-state index contributed by atoms with van der Waals surface area (Å²) < 4.78 is 79.2. The van der Waals surface area contributed by atoms with Crippen molar-refractivity contribution >= 4 is 49.9 Å². The van der Waals surface area contributed by atoms with Gasteiger partial charge in [0.2, 0.25) is 0 Å². The summed E-state index contributed by atoms with van der Waals surface area (Å²) in [5, 5.41) is 22.1. The van der Waals surface area contributed by atoms with Crippen LogP contribution in [0.5, 0.6) is 5.88 Å². The van der Waals surface area contributed by atoms with Crippen LogP contribution in [0.4, 0.5) is 0 Å². The fourth-order valence-electron chi connectivity index (χ4n) is 4.46. The number of allylic oxidation sites excluding steroid dienone is 2. The molecule has 0 fully saturated rings. The fraction of sp³-hybridized carbons (Fsp3) is 0.207. The van der Waals surface area contributed by atoms with Crippen LogP contribution < -0.4 is 64.2 Å². The first kappa shape index (κ1) is 42.0. The number of hydrogen-bond acceptors (Lipinski definition) is 13. The molecule has 0 saturated carbocycles. The number of ether oxygens (including phenoxy) is 2. The topological polar surface area (TPSA) is 238 Å². The summed E-state index contributed by atoms with van der Waals surface area (Å²) in [4.78, 5) is 37.6. The SMILES string of the molecule is CCOC(=O)C1=NN(Cc2ccccc2S(=O)(=O)O)C(=O)/C1=C\C=C\c1c(C(=O)OCC)nn(Cc2ccccc2S(=O)(=O)[O-])c1[O-].[Na+].[Na+]. The van der Waals surface area contributed by atoms with Crippen molar-refractivity contribution in [2.45, 2.75) is 36.7 Å². The van der Waals surface area contributed by atoms with Crippen LogP contribution in [0.2, 0.25) is 0 Å². The summed E-state index contributed by atoms with van der Waals surface area (Å²) in [5.41, 5.74) is -1.57. The molecule has 3 aromatic rings. The van der Waals surface area contributed by atoms with Crippen LogP contribution >= 0.6 is 0 Å². The number of benzene rings is 2. The standard InChI is InChI=1S/C29H28N4O12S2.2Na/c1-3-44-28(36)24-20(26(34)32(30-24)16-18-10-5-7-14-22(18)46(38,39)40)12-9-13-21-25(29(37)45-4-2)31-33(27(21)35)17-19-11-6-8-15-23(19)47(41,42)43;;/h5-15,34H,3-4,16-17H2,1-2H3,(H,38,39,40)(H,41,42,43);;/q;2*+1/p-2/b12-9+,21-13-;;. The van der Waals surface area contributed by atoms with E-state index in [2.05, 4.69) is 10.2 Å². The second kappa shape index (κ2) is 17.7. The van der Waals surface area contributed by atoms with E-state index >= 15 is 0 Å².